The number of carbonyl (C=O) groups is 2. The summed E-state index contributed by atoms with van der Waals surface area (Å²) in [4.78, 5) is 25.6. The second kappa shape index (κ2) is 8.61. The van der Waals surface area contributed by atoms with E-state index in [1.165, 1.54) is 0 Å². The van der Waals surface area contributed by atoms with E-state index in [-0.39, 0.29) is 6.42 Å². The summed E-state index contributed by atoms with van der Waals surface area (Å²) in [6, 6.07) is 23.6. The van der Waals surface area contributed by atoms with Crippen LogP contribution in [0.15, 0.2) is 83.4 Å². The maximum Gasteiger partial charge on any atom is 0.313 e. The molecule has 0 saturated carbocycles. The molecule has 4 rings (SSSR count). The van der Waals surface area contributed by atoms with Crippen molar-refractivity contribution in [3.05, 3.63) is 95.7 Å². The summed E-state index contributed by atoms with van der Waals surface area (Å²) in [6.45, 7) is 1.97. The van der Waals surface area contributed by atoms with Gasteiger partial charge in [0.25, 0.3) is 5.91 Å². The Kier molecular flexibility index (Phi) is 5.57. The summed E-state index contributed by atoms with van der Waals surface area (Å²) in [6.07, 6.45) is -1.18. The summed E-state index contributed by atoms with van der Waals surface area (Å²) in [5.41, 5.74) is 3.36. The molecule has 3 aromatic carbocycles. The summed E-state index contributed by atoms with van der Waals surface area (Å²) >= 11 is 0. The lowest BCUT2D eigenvalue weighted by Gasteiger charge is -2.18. The number of para-hydroxylation sites is 1. The van der Waals surface area contributed by atoms with Gasteiger partial charge in [-0.05, 0) is 31.2 Å². The molecule has 1 amide bonds. The Labute approximate surface area is 173 Å². The lowest BCUT2D eigenvalue weighted by Crippen LogP contribution is -2.26. The van der Waals surface area contributed by atoms with Crippen LogP contribution in [0.4, 0.5) is 5.69 Å². The number of benzene rings is 3. The van der Waals surface area contributed by atoms with Crippen molar-refractivity contribution in [3.8, 4) is 0 Å². The Hall–Kier alpha value is -3.93. The van der Waals surface area contributed by atoms with E-state index in [0.717, 1.165) is 10.9 Å². The van der Waals surface area contributed by atoms with Crippen molar-refractivity contribution in [1.29, 1.82) is 0 Å². The molecule has 30 heavy (non-hydrogen) atoms. The fourth-order valence-corrected chi connectivity index (χ4v) is 3.12. The van der Waals surface area contributed by atoms with E-state index in [0.29, 0.717) is 22.5 Å². The van der Waals surface area contributed by atoms with Gasteiger partial charge < -0.3 is 14.6 Å². The zero-order valence-electron chi connectivity index (χ0n) is 16.4. The SMILES string of the molecule is Cc1ccc(NC(=O)[C@@H](OC(=O)Cc2noc3ccccc23)c2ccccc2)cc1. The normalized spacial score (nSPS) is 11.8. The average Bonchev–Trinajstić information content (AvgIpc) is 3.17. The Morgan fingerprint density at radius 2 is 1.67 bits per heavy atom. The number of carbonyl (C=O) groups excluding carboxylic acids is 2. The van der Waals surface area contributed by atoms with Crippen LogP contribution in [0.2, 0.25) is 0 Å². The van der Waals surface area contributed by atoms with Crippen molar-refractivity contribution in [2.45, 2.75) is 19.4 Å². The highest BCUT2D eigenvalue weighted by molar-refractivity contribution is 5.96. The minimum atomic E-state index is -1.09. The Morgan fingerprint density at radius 1 is 0.967 bits per heavy atom. The molecule has 0 aliphatic carbocycles. The first-order valence-corrected chi connectivity index (χ1v) is 9.55. The molecule has 6 heteroatoms. The number of amides is 1. The van der Waals surface area contributed by atoms with E-state index >= 15 is 0 Å². The first-order chi connectivity index (χ1) is 14.6. The maximum atomic E-state index is 12.9. The zero-order valence-corrected chi connectivity index (χ0v) is 16.4. The average molecular weight is 400 g/mol. The van der Waals surface area contributed by atoms with Gasteiger partial charge in [0.2, 0.25) is 6.10 Å². The number of esters is 1. The van der Waals surface area contributed by atoms with Crippen LogP contribution in [0.3, 0.4) is 0 Å². The van der Waals surface area contributed by atoms with Crippen LogP contribution >= 0.6 is 0 Å². The number of aryl methyl sites for hydroxylation is 1. The molecule has 150 valence electrons. The topological polar surface area (TPSA) is 81.4 Å². The number of nitrogens with one attached hydrogen (secondary N) is 1. The number of ether oxygens (including phenoxy) is 1. The van der Waals surface area contributed by atoms with Gasteiger partial charge in [-0.2, -0.15) is 0 Å². The molecule has 0 unspecified atom stereocenters. The Balaban J connectivity index is 1.53. The molecule has 1 atom stereocenters. The number of hydrogen-bond donors (Lipinski definition) is 1. The molecule has 4 aromatic rings. The van der Waals surface area contributed by atoms with E-state index in [4.69, 9.17) is 9.26 Å². The van der Waals surface area contributed by atoms with Gasteiger partial charge in [-0.3, -0.25) is 9.59 Å². The first kappa shape index (κ1) is 19.4. The van der Waals surface area contributed by atoms with Gasteiger partial charge in [-0.25, -0.2) is 0 Å². The van der Waals surface area contributed by atoms with Crippen molar-refractivity contribution in [2.75, 3.05) is 5.32 Å². The molecular weight excluding hydrogens is 380 g/mol. The summed E-state index contributed by atoms with van der Waals surface area (Å²) in [7, 11) is 0. The van der Waals surface area contributed by atoms with E-state index in [2.05, 4.69) is 10.5 Å². The second-order valence-corrected chi connectivity index (χ2v) is 6.94. The van der Waals surface area contributed by atoms with Crippen LogP contribution < -0.4 is 5.32 Å². The van der Waals surface area contributed by atoms with Gasteiger partial charge in [0, 0.05) is 16.6 Å². The summed E-state index contributed by atoms with van der Waals surface area (Å²) < 4.78 is 10.8. The lowest BCUT2D eigenvalue weighted by atomic mass is 10.1. The number of aromatic nitrogens is 1. The van der Waals surface area contributed by atoms with Gasteiger partial charge in [-0.1, -0.05) is 65.3 Å². The van der Waals surface area contributed by atoms with Gasteiger partial charge >= 0.3 is 5.97 Å². The fourth-order valence-electron chi connectivity index (χ4n) is 3.12. The monoisotopic (exact) mass is 400 g/mol. The maximum absolute atomic E-state index is 12.9. The summed E-state index contributed by atoms with van der Waals surface area (Å²) in [5.74, 6) is -0.995. The van der Waals surface area contributed by atoms with Crippen LogP contribution in [0.1, 0.15) is 22.9 Å². The van der Waals surface area contributed by atoms with Crippen LogP contribution in [0, 0.1) is 6.92 Å². The van der Waals surface area contributed by atoms with Gasteiger partial charge in [0.15, 0.2) is 5.58 Å². The van der Waals surface area contributed by atoms with Crippen LogP contribution in [-0.4, -0.2) is 17.0 Å². The number of rotatable bonds is 6. The number of anilines is 1. The largest absolute Gasteiger partial charge is 0.447 e. The van der Waals surface area contributed by atoms with E-state index in [9.17, 15) is 9.59 Å². The molecule has 0 fully saturated rings. The van der Waals surface area contributed by atoms with Crippen molar-refractivity contribution in [2.24, 2.45) is 0 Å². The van der Waals surface area contributed by atoms with Crippen molar-refractivity contribution in [1.82, 2.24) is 5.16 Å². The standard InChI is InChI=1S/C24H20N2O4/c1-16-11-13-18(14-12-16)25-24(28)23(17-7-3-2-4-8-17)29-22(27)15-20-19-9-5-6-10-21(19)30-26-20/h2-14,23H,15H2,1H3,(H,25,28)/t23-/m0/s1. The minimum absolute atomic E-state index is 0.0990. The molecule has 0 bridgehead atoms. The van der Waals surface area contributed by atoms with Crippen LogP contribution in [0.25, 0.3) is 11.0 Å². The van der Waals surface area contributed by atoms with E-state index < -0.39 is 18.0 Å². The second-order valence-electron chi connectivity index (χ2n) is 6.94. The van der Waals surface area contributed by atoms with E-state index in [1.807, 2.05) is 43.3 Å². The molecule has 0 spiro atoms. The van der Waals surface area contributed by atoms with Crippen molar-refractivity contribution in [3.63, 3.8) is 0 Å². The molecule has 0 radical (unpaired) electrons. The van der Waals surface area contributed by atoms with Crippen LogP contribution in [0.5, 0.6) is 0 Å². The highest BCUT2D eigenvalue weighted by Gasteiger charge is 2.26. The molecule has 1 N–H and O–H groups in total. The molecule has 1 aromatic heterocycles. The highest BCUT2D eigenvalue weighted by Crippen LogP contribution is 2.23. The van der Waals surface area contributed by atoms with E-state index in [1.54, 1.807) is 42.5 Å². The molecular formula is C24H20N2O4. The number of hydrogen-bond acceptors (Lipinski definition) is 5. The first-order valence-electron chi connectivity index (χ1n) is 9.55. The van der Waals surface area contributed by atoms with Crippen molar-refractivity contribution < 1.29 is 18.8 Å². The molecule has 0 aliphatic rings. The van der Waals surface area contributed by atoms with Crippen LogP contribution in [-0.2, 0) is 20.7 Å². The van der Waals surface area contributed by atoms with Gasteiger partial charge in [0.1, 0.15) is 5.69 Å². The lowest BCUT2D eigenvalue weighted by molar-refractivity contribution is -0.154. The van der Waals surface area contributed by atoms with Gasteiger partial charge in [0.05, 0.1) is 6.42 Å². The Morgan fingerprint density at radius 3 is 2.43 bits per heavy atom. The Bertz CT molecular complexity index is 1170. The number of fused-ring (bicyclic) bond motifs is 1. The highest BCUT2D eigenvalue weighted by atomic mass is 16.5. The fraction of sp³-hybridized carbons (Fsp3) is 0.125. The smallest absolute Gasteiger partial charge is 0.313 e. The van der Waals surface area contributed by atoms with Gasteiger partial charge in [-0.15, -0.1) is 0 Å². The molecule has 0 aliphatic heterocycles. The summed E-state index contributed by atoms with van der Waals surface area (Å²) in [5, 5.41) is 7.52. The third-order valence-electron chi connectivity index (χ3n) is 4.67. The third-order valence-corrected chi connectivity index (χ3v) is 4.67. The molecule has 0 saturated heterocycles. The third kappa shape index (κ3) is 4.38. The minimum Gasteiger partial charge on any atom is -0.447 e. The zero-order chi connectivity index (χ0) is 20.9. The van der Waals surface area contributed by atoms with Crippen molar-refractivity contribution >= 4 is 28.5 Å². The predicted molar refractivity (Wildman–Crippen MR) is 113 cm³/mol. The molecule has 1 heterocycles. The molecule has 6 nitrogen and oxygen atoms in total. The number of nitrogens with zero attached hydrogens (tertiary/aromatic N) is 1. The quantitative estimate of drug-likeness (QED) is 0.478. The predicted octanol–water partition coefficient (Wildman–Crippen LogP) is 4.60.